The molecule has 1 aliphatic heterocycles. The van der Waals surface area contributed by atoms with Gasteiger partial charge in [-0.15, -0.1) is 0 Å². The van der Waals surface area contributed by atoms with Crippen LogP contribution < -0.4 is 5.32 Å². The molecule has 1 aromatic carbocycles. The maximum atomic E-state index is 12.3. The molecule has 0 spiro atoms. The topological polar surface area (TPSA) is 32.3 Å². The molecule has 1 atom stereocenters. The third kappa shape index (κ3) is 3.83. The van der Waals surface area contributed by atoms with E-state index in [1.807, 2.05) is 4.90 Å². The minimum atomic E-state index is 0.284. The van der Waals surface area contributed by atoms with E-state index in [1.165, 1.54) is 11.1 Å². The van der Waals surface area contributed by atoms with Crippen molar-refractivity contribution in [3.8, 4) is 0 Å². The van der Waals surface area contributed by atoms with E-state index in [1.54, 1.807) is 0 Å². The van der Waals surface area contributed by atoms with Crippen LogP contribution in [0.3, 0.4) is 0 Å². The molecule has 3 nitrogen and oxygen atoms in total. The number of carbonyl (C=O) groups excluding carboxylic acids is 1. The van der Waals surface area contributed by atoms with Crippen molar-refractivity contribution in [3.05, 3.63) is 35.4 Å². The van der Waals surface area contributed by atoms with Gasteiger partial charge in [0.2, 0.25) is 5.91 Å². The molecule has 0 unspecified atom stereocenters. The van der Waals surface area contributed by atoms with Crippen LogP contribution in [0.25, 0.3) is 0 Å². The molecule has 1 amide bonds. The first-order valence-electron chi connectivity index (χ1n) is 7.67. The van der Waals surface area contributed by atoms with Crippen molar-refractivity contribution in [3.63, 3.8) is 0 Å². The molecule has 2 rings (SSSR count). The van der Waals surface area contributed by atoms with Gasteiger partial charge >= 0.3 is 0 Å². The van der Waals surface area contributed by atoms with Gasteiger partial charge in [0.15, 0.2) is 0 Å². The van der Waals surface area contributed by atoms with Gasteiger partial charge in [-0.05, 0) is 30.4 Å². The van der Waals surface area contributed by atoms with E-state index in [4.69, 9.17) is 0 Å². The van der Waals surface area contributed by atoms with Gasteiger partial charge in [-0.1, -0.05) is 38.1 Å². The fraction of sp³-hybridized carbons (Fsp3) is 0.588. The maximum absolute atomic E-state index is 12.3. The van der Waals surface area contributed by atoms with Gasteiger partial charge in [-0.2, -0.15) is 0 Å². The van der Waals surface area contributed by atoms with Gasteiger partial charge in [0.05, 0.1) is 0 Å². The Hall–Kier alpha value is -1.35. The molecule has 0 saturated carbocycles. The molecular weight excluding hydrogens is 248 g/mol. The summed E-state index contributed by atoms with van der Waals surface area (Å²) in [6.45, 7) is 9.18. The fourth-order valence-electron chi connectivity index (χ4n) is 2.68. The second-order valence-corrected chi connectivity index (χ2v) is 6.04. The predicted molar refractivity (Wildman–Crippen MR) is 82.9 cm³/mol. The van der Waals surface area contributed by atoms with Crippen LogP contribution in [0.1, 0.15) is 44.2 Å². The van der Waals surface area contributed by atoms with Crippen molar-refractivity contribution in [1.29, 1.82) is 0 Å². The Bertz CT molecular complexity index is 439. The first-order chi connectivity index (χ1) is 9.58. The van der Waals surface area contributed by atoms with Crippen molar-refractivity contribution in [1.82, 2.24) is 10.2 Å². The molecular formula is C17H26N2O. The van der Waals surface area contributed by atoms with Crippen molar-refractivity contribution in [2.45, 2.75) is 45.6 Å². The number of carbonyl (C=O) groups is 1. The third-order valence-electron chi connectivity index (χ3n) is 4.10. The summed E-state index contributed by atoms with van der Waals surface area (Å²) in [7, 11) is 0. The van der Waals surface area contributed by atoms with E-state index in [9.17, 15) is 4.79 Å². The van der Waals surface area contributed by atoms with Crippen LogP contribution in [0.15, 0.2) is 24.3 Å². The zero-order valence-electron chi connectivity index (χ0n) is 12.9. The molecule has 0 aromatic heterocycles. The van der Waals surface area contributed by atoms with Crippen molar-refractivity contribution in [2.75, 3.05) is 19.6 Å². The summed E-state index contributed by atoms with van der Waals surface area (Å²) < 4.78 is 0. The van der Waals surface area contributed by atoms with Gasteiger partial charge in [0.25, 0.3) is 0 Å². The highest BCUT2D eigenvalue weighted by Gasteiger charge is 2.22. The number of benzene rings is 1. The molecule has 1 saturated heterocycles. The monoisotopic (exact) mass is 274 g/mol. The lowest BCUT2D eigenvalue weighted by molar-refractivity contribution is -0.133. The first-order valence-corrected chi connectivity index (χ1v) is 7.67. The van der Waals surface area contributed by atoms with Crippen LogP contribution in [0, 0.1) is 0 Å². The van der Waals surface area contributed by atoms with Crippen LogP contribution in [-0.2, 0) is 11.2 Å². The van der Waals surface area contributed by atoms with Crippen molar-refractivity contribution < 1.29 is 4.79 Å². The number of rotatable bonds is 4. The second-order valence-electron chi connectivity index (χ2n) is 6.04. The van der Waals surface area contributed by atoms with Crippen LogP contribution in [0.5, 0.6) is 0 Å². The smallest absolute Gasteiger partial charge is 0.223 e. The van der Waals surface area contributed by atoms with Crippen LogP contribution >= 0.6 is 0 Å². The standard InChI is InChI=1S/C17H26N2O/c1-13(2)16-7-4-15(5-8-16)6-9-17(20)19-11-10-18-12-14(19)3/h4-5,7-8,13-14,18H,6,9-12H2,1-3H3/t14-/m1/s1. The minimum absolute atomic E-state index is 0.284. The summed E-state index contributed by atoms with van der Waals surface area (Å²) in [5.41, 5.74) is 2.61. The molecule has 0 aliphatic carbocycles. The average Bonchev–Trinajstić information content (AvgIpc) is 2.45. The SMILES string of the molecule is CC(C)c1ccc(CCC(=O)N2CCNC[C@H]2C)cc1. The predicted octanol–water partition coefficient (Wildman–Crippen LogP) is 2.56. The summed E-state index contributed by atoms with van der Waals surface area (Å²) in [5, 5.41) is 3.32. The lowest BCUT2D eigenvalue weighted by atomic mass is 10.00. The van der Waals surface area contributed by atoms with Gasteiger partial charge in [-0.3, -0.25) is 4.79 Å². The largest absolute Gasteiger partial charge is 0.337 e. The van der Waals surface area contributed by atoms with E-state index in [2.05, 4.69) is 50.4 Å². The van der Waals surface area contributed by atoms with E-state index >= 15 is 0 Å². The number of hydrogen-bond donors (Lipinski definition) is 1. The molecule has 110 valence electrons. The summed E-state index contributed by atoms with van der Waals surface area (Å²) in [4.78, 5) is 14.3. The highest BCUT2D eigenvalue weighted by molar-refractivity contribution is 5.77. The third-order valence-corrected chi connectivity index (χ3v) is 4.10. The molecule has 1 aliphatic rings. The van der Waals surface area contributed by atoms with Crippen molar-refractivity contribution >= 4 is 5.91 Å². The number of amides is 1. The molecule has 3 heteroatoms. The Kier molecular flexibility index (Phi) is 5.18. The van der Waals surface area contributed by atoms with Gasteiger partial charge < -0.3 is 10.2 Å². The lowest BCUT2D eigenvalue weighted by Crippen LogP contribution is -2.52. The fourth-order valence-corrected chi connectivity index (χ4v) is 2.68. The molecule has 0 bridgehead atoms. The van der Waals surface area contributed by atoms with Gasteiger partial charge in [-0.25, -0.2) is 0 Å². The lowest BCUT2D eigenvalue weighted by Gasteiger charge is -2.34. The average molecular weight is 274 g/mol. The minimum Gasteiger partial charge on any atom is -0.337 e. The van der Waals surface area contributed by atoms with E-state index < -0.39 is 0 Å². The van der Waals surface area contributed by atoms with Crippen LogP contribution in [-0.4, -0.2) is 36.5 Å². The highest BCUT2D eigenvalue weighted by atomic mass is 16.2. The zero-order chi connectivity index (χ0) is 14.5. The normalized spacial score (nSPS) is 19.4. The number of hydrogen-bond acceptors (Lipinski definition) is 2. The molecule has 1 aromatic rings. The maximum Gasteiger partial charge on any atom is 0.223 e. The number of aryl methyl sites for hydroxylation is 1. The second kappa shape index (κ2) is 6.89. The summed E-state index contributed by atoms with van der Waals surface area (Å²) in [6, 6.07) is 8.99. The molecule has 20 heavy (non-hydrogen) atoms. The number of piperazine rings is 1. The summed E-state index contributed by atoms with van der Waals surface area (Å²) >= 11 is 0. The first kappa shape index (κ1) is 15.0. The molecule has 1 fully saturated rings. The Labute approximate surface area is 122 Å². The van der Waals surface area contributed by atoms with Crippen LogP contribution in [0.2, 0.25) is 0 Å². The van der Waals surface area contributed by atoms with E-state index in [-0.39, 0.29) is 5.91 Å². The van der Waals surface area contributed by atoms with Crippen LogP contribution in [0.4, 0.5) is 0 Å². The summed E-state index contributed by atoms with van der Waals surface area (Å²) in [6.07, 6.45) is 1.46. The van der Waals surface area contributed by atoms with Gasteiger partial charge in [0, 0.05) is 32.1 Å². The quantitative estimate of drug-likeness (QED) is 0.915. The Morgan fingerprint density at radius 1 is 1.35 bits per heavy atom. The number of nitrogens with one attached hydrogen (secondary N) is 1. The molecule has 0 radical (unpaired) electrons. The van der Waals surface area contributed by atoms with Crippen molar-refractivity contribution in [2.24, 2.45) is 0 Å². The summed E-state index contributed by atoms with van der Waals surface area (Å²) in [5.74, 6) is 0.847. The highest BCUT2D eigenvalue weighted by Crippen LogP contribution is 2.16. The molecule has 1 N–H and O–H groups in total. The van der Waals surface area contributed by atoms with Gasteiger partial charge in [0.1, 0.15) is 0 Å². The molecule has 1 heterocycles. The Morgan fingerprint density at radius 3 is 2.65 bits per heavy atom. The van der Waals surface area contributed by atoms with E-state index in [0.717, 1.165) is 26.1 Å². The number of nitrogens with zero attached hydrogens (tertiary/aromatic N) is 1. The van der Waals surface area contributed by atoms with E-state index in [0.29, 0.717) is 18.4 Å². The zero-order valence-corrected chi connectivity index (χ0v) is 12.9. The Balaban J connectivity index is 1.86. The Morgan fingerprint density at radius 2 is 2.05 bits per heavy atom.